The number of carbonyl (C=O) groups excluding carboxylic acids is 1. The van der Waals surface area contributed by atoms with Crippen LogP contribution in [0.25, 0.3) is 10.9 Å². The molecule has 0 spiro atoms. The van der Waals surface area contributed by atoms with Gasteiger partial charge in [-0.2, -0.15) is 0 Å². The summed E-state index contributed by atoms with van der Waals surface area (Å²) in [6.07, 6.45) is 3.60. The average molecular weight is 342 g/mol. The molecule has 0 radical (unpaired) electrons. The molecule has 1 N–H and O–H groups in total. The van der Waals surface area contributed by atoms with Gasteiger partial charge in [0.05, 0.1) is 12.2 Å². The zero-order valence-corrected chi connectivity index (χ0v) is 14.6. The molecule has 0 saturated heterocycles. The van der Waals surface area contributed by atoms with Gasteiger partial charge in [0, 0.05) is 22.1 Å². The highest BCUT2D eigenvalue weighted by atomic mass is 35.5. The number of aromatic nitrogens is 1. The maximum atomic E-state index is 12.1. The molecule has 2 aromatic carbocycles. The molecule has 124 valence electrons. The largest absolute Gasteiger partial charge is 0.462 e. The molecule has 0 aliphatic heterocycles. The molecule has 1 heterocycles. The standard InChI is InChI=1S/C20H20ClNO2/c1-13-5-6-15(10-14(13)2)20(23)24-9-3-4-16-12-22-19-8-7-17(21)11-18(16)19/h5-8,10-12,22H,3-4,9H2,1-2H3. The molecule has 0 unspecified atom stereocenters. The van der Waals surface area contributed by atoms with Gasteiger partial charge in [0.2, 0.25) is 0 Å². The van der Waals surface area contributed by atoms with Gasteiger partial charge < -0.3 is 9.72 Å². The lowest BCUT2D eigenvalue weighted by Crippen LogP contribution is -2.07. The van der Waals surface area contributed by atoms with Crippen LogP contribution in [0.4, 0.5) is 0 Å². The number of H-pyrrole nitrogens is 1. The lowest BCUT2D eigenvalue weighted by Gasteiger charge is -2.07. The van der Waals surface area contributed by atoms with Gasteiger partial charge in [-0.25, -0.2) is 4.79 Å². The van der Waals surface area contributed by atoms with Crippen molar-refractivity contribution in [1.29, 1.82) is 0 Å². The molecule has 0 saturated carbocycles. The summed E-state index contributed by atoms with van der Waals surface area (Å²) in [7, 11) is 0. The number of hydrogen-bond donors (Lipinski definition) is 1. The van der Waals surface area contributed by atoms with E-state index in [1.807, 2.05) is 56.4 Å². The minimum Gasteiger partial charge on any atom is -0.462 e. The number of aromatic amines is 1. The second kappa shape index (κ2) is 7.10. The fourth-order valence-corrected chi connectivity index (χ4v) is 2.91. The maximum absolute atomic E-state index is 12.1. The second-order valence-electron chi connectivity index (χ2n) is 6.04. The second-order valence-corrected chi connectivity index (χ2v) is 6.48. The normalized spacial score (nSPS) is 11.0. The highest BCUT2D eigenvalue weighted by molar-refractivity contribution is 6.31. The first-order valence-corrected chi connectivity index (χ1v) is 8.42. The van der Waals surface area contributed by atoms with E-state index in [1.54, 1.807) is 0 Å². The minimum absolute atomic E-state index is 0.264. The van der Waals surface area contributed by atoms with E-state index in [-0.39, 0.29) is 5.97 Å². The summed E-state index contributed by atoms with van der Waals surface area (Å²) in [4.78, 5) is 15.3. The van der Waals surface area contributed by atoms with Gasteiger partial charge in [-0.05, 0) is 73.7 Å². The Morgan fingerprint density at radius 3 is 2.75 bits per heavy atom. The molecular weight excluding hydrogens is 322 g/mol. The van der Waals surface area contributed by atoms with Gasteiger partial charge in [-0.15, -0.1) is 0 Å². The first-order valence-electron chi connectivity index (χ1n) is 8.04. The van der Waals surface area contributed by atoms with Crippen molar-refractivity contribution in [1.82, 2.24) is 4.98 Å². The summed E-state index contributed by atoms with van der Waals surface area (Å²) < 4.78 is 5.38. The zero-order chi connectivity index (χ0) is 17.1. The van der Waals surface area contributed by atoms with Crippen molar-refractivity contribution in [2.75, 3.05) is 6.61 Å². The van der Waals surface area contributed by atoms with E-state index in [9.17, 15) is 4.79 Å². The fourth-order valence-electron chi connectivity index (χ4n) is 2.74. The van der Waals surface area contributed by atoms with Gasteiger partial charge in [0.1, 0.15) is 0 Å². The Morgan fingerprint density at radius 2 is 1.96 bits per heavy atom. The molecule has 0 fully saturated rings. The van der Waals surface area contributed by atoms with Crippen LogP contribution < -0.4 is 0 Å². The van der Waals surface area contributed by atoms with Crippen molar-refractivity contribution in [3.05, 3.63) is 69.9 Å². The van der Waals surface area contributed by atoms with Crippen LogP contribution >= 0.6 is 11.6 Å². The Kier molecular flexibility index (Phi) is 4.91. The fraction of sp³-hybridized carbons (Fsp3) is 0.250. The van der Waals surface area contributed by atoms with E-state index in [4.69, 9.17) is 16.3 Å². The maximum Gasteiger partial charge on any atom is 0.338 e. The van der Waals surface area contributed by atoms with Crippen molar-refractivity contribution in [3.63, 3.8) is 0 Å². The Hall–Kier alpha value is -2.26. The molecule has 4 heteroatoms. The van der Waals surface area contributed by atoms with E-state index >= 15 is 0 Å². The number of hydrogen-bond acceptors (Lipinski definition) is 2. The van der Waals surface area contributed by atoms with Crippen LogP contribution in [-0.2, 0) is 11.2 Å². The van der Waals surface area contributed by atoms with Crippen molar-refractivity contribution >= 4 is 28.5 Å². The lowest BCUT2D eigenvalue weighted by molar-refractivity contribution is 0.0500. The quantitative estimate of drug-likeness (QED) is 0.510. The molecule has 0 bridgehead atoms. The third-order valence-corrected chi connectivity index (χ3v) is 4.53. The molecule has 0 atom stereocenters. The predicted molar refractivity (Wildman–Crippen MR) is 97.8 cm³/mol. The van der Waals surface area contributed by atoms with Crippen LogP contribution in [0, 0.1) is 13.8 Å². The Bertz CT molecular complexity index is 882. The highest BCUT2D eigenvalue weighted by Gasteiger charge is 2.09. The number of nitrogens with one attached hydrogen (secondary N) is 1. The molecule has 0 aliphatic rings. The van der Waals surface area contributed by atoms with Gasteiger partial charge in [-0.1, -0.05) is 17.7 Å². The summed E-state index contributed by atoms with van der Waals surface area (Å²) in [5.41, 5.74) is 5.14. The number of rotatable bonds is 5. The van der Waals surface area contributed by atoms with Gasteiger partial charge in [-0.3, -0.25) is 0 Å². The number of esters is 1. The van der Waals surface area contributed by atoms with E-state index in [0.717, 1.165) is 34.3 Å². The Balaban J connectivity index is 1.55. The van der Waals surface area contributed by atoms with Crippen molar-refractivity contribution in [2.45, 2.75) is 26.7 Å². The monoisotopic (exact) mass is 341 g/mol. The SMILES string of the molecule is Cc1ccc(C(=O)OCCCc2c[nH]c3ccc(Cl)cc23)cc1C. The van der Waals surface area contributed by atoms with Crippen LogP contribution in [0.3, 0.4) is 0 Å². The summed E-state index contributed by atoms with van der Waals surface area (Å²) >= 11 is 6.06. The molecule has 24 heavy (non-hydrogen) atoms. The third-order valence-electron chi connectivity index (χ3n) is 4.30. The minimum atomic E-state index is -0.264. The third kappa shape index (κ3) is 3.62. The summed E-state index contributed by atoms with van der Waals surface area (Å²) in [5.74, 6) is -0.264. The molecular formula is C20H20ClNO2. The van der Waals surface area contributed by atoms with Gasteiger partial charge in [0.25, 0.3) is 0 Å². The van der Waals surface area contributed by atoms with Crippen LogP contribution in [0.5, 0.6) is 0 Å². The number of halogens is 1. The summed E-state index contributed by atoms with van der Waals surface area (Å²) in [6, 6.07) is 11.4. The van der Waals surface area contributed by atoms with Crippen LogP contribution in [0.15, 0.2) is 42.6 Å². The van der Waals surface area contributed by atoms with E-state index in [1.165, 1.54) is 11.1 Å². The van der Waals surface area contributed by atoms with Crippen LogP contribution in [-0.4, -0.2) is 17.6 Å². The average Bonchev–Trinajstić information content (AvgIpc) is 2.96. The number of fused-ring (bicyclic) bond motifs is 1. The lowest BCUT2D eigenvalue weighted by atomic mass is 10.1. The molecule has 3 rings (SSSR count). The summed E-state index contributed by atoms with van der Waals surface area (Å²) in [5, 5.41) is 1.85. The van der Waals surface area contributed by atoms with E-state index in [0.29, 0.717) is 12.2 Å². The Labute approximate surface area is 146 Å². The molecule has 3 nitrogen and oxygen atoms in total. The van der Waals surface area contributed by atoms with Gasteiger partial charge >= 0.3 is 5.97 Å². The first kappa shape index (κ1) is 16.6. The highest BCUT2D eigenvalue weighted by Crippen LogP contribution is 2.23. The van der Waals surface area contributed by atoms with Crippen molar-refractivity contribution < 1.29 is 9.53 Å². The molecule has 3 aromatic rings. The number of benzene rings is 2. The van der Waals surface area contributed by atoms with Gasteiger partial charge in [0.15, 0.2) is 0 Å². The van der Waals surface area contributed by atoms with Crippen molar-refractivity contribution in [3.8, 4) is 0 Å². The van der Waals surface area contributed by atoms with Crippen LogP contribution in [0.2, 0.25) is 5.02 Å². The number of ether oxygens (including phenoxy) is 1. The first-order chi connectivity index (χ1) is 11.5. The van der Waals surface area contributed by atoms with E-state index in [2.05, 4.69) is 4.98 Å². The Morgan fingerprint density at radius 1 is 1.12 bits per heavy atom. The smallest absolute Gasteiger partial charge is 0.338 e. The zero-order valence-electron chi connectivity index (χ0n) is 13.9. The molecule has 0 amide bonds. The molecule has 0 aliphatic carbocycles. The molecule has 1 aromatic heterocycles. The number of aryl methyl sites for hydroxylation is 3. The predicted octanol–water partition coefficient (Wildman–Crippen LogP) is 5.23. The summed E-state index contributed by atoms with van der Waals surface area (Å²) in [6.45, 7) is 4.42. The number of carbonyl (C=O) groups is 1. The van der Waals surface area contributed by atoms with E-state index < -0.39 is 0 Å². The van der Waals surface area contributed by atoms with Crippen molar-refractivity contribution in [2.24, 2.45) is 0 Å². The van der Waals surface area contributed by atoms with Crippen LogP contribution in [0.1, 0.15) is 33.5 Å². The topological polar surface area (TPSA) is 42.1 Å².